The second kappa shape index (κ2) is 3.34. The Kier molecular flexibility index (Phi) is 2.26. The molecular weight excluding hydrogens is 184 g/mol. The van der Waals surface area contributed by atoms with Crippen molar-refractivity contribution in [2.75, 3.05) is 0 Å². The lowest BCUT2D eigenvalue weighted by atomic mass is 9.86. The van der Waals surface area contributed by atoms with E-state index in [1.54, 1.807) is 6.20 Å². The molecule has 0 aliphatic heterocycles. The van der Waals surface area contributed by atoms with Gasteiger partial charge in [-0.15, -0.1) is 0 Å². The number of rotatable bonds is 1. The van der Waals surface area contributed by atoms with Gasteiger partial charge in [-0.3, -0.25) is 4.98 Å². The van der Waals surface area contributed by atoms with Gasteiger partial charge >= 0.3 is 0 Å². The highest BCUT2D eigenvalue weighted by molar-refractivity contribution is 5.39. The van der Waals surface area contributed by atoms with Crippen molar-refractivity contribution in [1.29, 1.82) is 5.26 Å². The predicted octanol–water partition coefficient (Wildman–Crippen LogP) is 3.13. The Morgan fingerprint density at radius 3 is 2.53 bits per heavy atom. The SMILES string of the molecule is CC(C)(C)c1ncc(C#N)cc1C1CC1. The molecule has 1 aromatic rings. The Bertz CT molecular complexity index is 417. The first-order chi connectivity index (χ1) is 7.02. The zero-order valence-corrected chi connectivity index (χ0v) is 9.54. The molecule has 0 N–H and O–H groups in total. The molecule has 0 radical (unpaired) electrons. The number of pyridine rings is 1. The summed E-state index contributed by atoms with van der Waals surface area (Å²) in [4.78, 5) is 4.46. The fourth-order valence-electron chi connectivity index (χ4n) is 1.88. The lowest BCUT2D eigenvalue weighted by molar-refractivity contribution is 0.560. The van der Waals surface area contributed by atoms with Crippen molar-refractivity contribution >= 4 is 0 Å². The van der Waals surface area contributed by atoms with Crippen LogP contribution in [0.1, 0.15) is 56.4 Å². The van der Waals surface area contributed by atoms with Crippen molar-refractivity contribution in [1.82, 2.24) is 4.98 Å². The number of aromatic nitrogens is 1. The van der Waals surface area contributed by atoms with E-state index in [0.717, 1.165) is 5.69 Å². The molecule has 0 spiro atoms. The quantitative estimate of drug-likeness (QED) is 0.698. The maximum atomic E-state index is 8.87. The highest BCUT2D eigenvalue weighted by Crippen LogP contribution is 2.43. The number of nitriles is 1. The van der Waals surface area contributed by atoms with E-state index in [9.17, 15) is 0 Å². The molecule has 2 rings (SSSR count). The van der Waals surface area contributed by atoms with Crippen LogP contribution in [-0.4, -0.2) is 4.98 Å². The van der Waals surface area contributed by atoms with E-state index in [2.05, 4.69) is 31.8 Å². The molecule has 2 heteroatoms. The van der Waals surface area contributed by atoms with Gasteiger partial charge in [0.05, 0.1) is 5.56 Å². The predicted molar refractivity (Wildman–Crippen MR) is 59.6 cm³/mol. The third-order valence-corrected chi connectivity index (χ3v) is 2.77. The van der Waals surface area contributed by atoms with Crippen LogP contribution >= 0.6 is 0 Å². The van der Waals surface area contributed by atoms with Gasteiger partial charge in [-0.25, -0.2) is 0 Å². The summed E-state index contributed by atoms with van der Waals surface area (Å²) in [5.74, 6) is 0.653. The minimum Gasteiger partial charge on any atom is -0.259 e. The van der Waals surface area contributed by atoms with Crippen molar-refractivity contribution in [3.8, 4) is 6.07 Å². The number of nitrogens with zero attached hydrogens (tertiary/aromatic N) is 2. The zero-order valence-electron chi connectivity index (χ0n) is 9.54. The van der Waals surface area contributed by atoms with Crippen molar-refractivity contribution in [2.45, 2.75) is 44.9 Å². The molecule has 2 nitrogen and oxygen atoms in total. The molecule has 1 aliphatic carbocycles. The van der Waals surface area contributed by atoms with Crippen LogP contribution in [0.15, 0.2) is 12.3 Å². The number of hydrogen-bond acceptors (Lipinski definition) is 2. The summed E-state index contributed by atoms with van der Waals surface area (Å²) in [5.41, 5.74) is 3.21. The summed E-state index contributed by atoms with van der Waals surface area (Å²) in [5, 5.41) is 8.87. The third kappa shape index (κ3) is 2.02. The van der Waals surface area contributed by atoms with Gasteiger partial charge in [0.25, 0.3) is 0 Å². The maximum Gasteiger partial charge on any atom is 0.101 e. The fraction of sp³-hybridized carbons (Fsp3) is 0.538. The summed E-state index contributed by atoms with van der Waals surface area (Å²) in [6.07, 6.45) is 4.19. The Hall–Kier alpha value is -1.36. The fourth-order valence-corrected chi connectivity index (χ4v) is 1.88. The van der Waals surface area contributed by atoms with Gasteiger partial charge in [0, 0.05) is 17.3 Å². The lowest BCUT2D eigenvalue weighted by Gasteiger charge is -2.21. The lowest BCUT2D eigenvalue weighted by Crippen LogP contribution is -2.16. The van der Waals surface area contributed by atoms with Crippen LogP contribution < -0.4 is 0 Å². The second-order valence-electron chi connectivity index (χ2n) is 5.30. The first kappa shape index (κ1) is 10.2. The molecule has 0 saturated heterocycles. The molecule has 0 amide bonds. The largest absolute Gasteiger partial charge is 0.259 e. The van der Waals surface area contributed by atoms with Gasteiger partial charge in [0.15, 0.2) is 0 Å². The minimum atomic E-state index is 0.0753. The molecule has 0 atom stereocenters. The van der Waals surface area contributed by atoms with E-state index in [4.69, 9.17) is 5.26 Å². The molecule has 1 aliphatic rings. The summed E-state index contributed by atoms with van der Waals surface area (Å²) >= 11 is 0. The van der Waals surface area contributed by atoms with Crippen molar-refractivity contribution in [2.24, 2.45) is 0 Å². The highest BCUT2D eigenvalue weighted by atomic mass is 14.7. The molecule has 0 aromatic carbocycles. The third-order valence-electron chi connectivity index (χ3n) is 2.77. The topological polar surface area (TPSA) is 36.7 Å². The molecule has 78 valence electrons. The molecule has 1 saturated carbocycles. The average Bonchev–Trinajstić information content (AvgIpc) is 2.98. The Morgan fingerprint density at radius 2 is 2.07 bits per heavy atom. The molecule has 15 heavy (non-hydrogen) atoms. The molecule has 1 heterocycles. The van der Waals surface area contributed by atoms with E-state index >= 15 is 0 Å². The van der Waals surface area contributed by atoms with Crippen molar-refractivity contribution in [3.63, 3.8) is 0 Å². The van der Waals surface area contributed by atoms with Crippen LogP contribution in [0.3, 0.4) is 0 Å². The summed E-state index contributed by atoms with van der Waals surface area (Å²) < 4.78 is 0. The van der Waals surface area contributed by atoms with Crippen LogP contribution in [-0.2, 0) is 5.41 Å². The molecule has 1 fully saturated rings. The van der Waals surface area contributed by atoms with Gasteiger partial charge < -0.3 is 0 Å². The Balaban J connectivity index is 2.50. The molecule has 1 aromatic heterocycles. The van der Waals surface area contributed by atoms with Gasteiger partial charge in [-0.2, -0.15) is 5.26 Å². The van der Waals surface area contributed by atoms with E-state index in [1.807, 2.05) is 6.07 Å². The second-order valence-corrected chi connectivity index (χ2v) is 5.30. The normalized spacial score (nSPS) is 16.1. The summed E-state index contributed by atoms with van der Waals surface area (Å²) in [6, 6.07) is 4.19. The minimum absolute atomic E-state index is 0.0753. The highest BCUT2D eigenvalue weighted by Gasteiger charge is 2.30. The van der Waals surface area contributed by atoms with Crippen LogP contribution in [0.5, 0.6) is 0 Å². The van der Waals surface area contributed by atoms with Crippen LogP contribution in [0.2, 0.25) is 0 Å². The smallest absolute Gasteiger partial charge is 0.101 e. The van der Waals surface area contributed by atoms with Gasteiger partial charge in [0.1, 0.15) is 6.07 Å². The van der Waals surface area contributed by atoms with Crippen LogP contribution in [0.4, 0.5) is 0 Å². The molecule has 0 bridgehead atoms. The summed E-state index contributed by atoms with van der Waals surface area (Å²) in [7, 11) is 0. The monoisotopic (exact) mass is 200 g/mol. The first-order valence-electron chi connectivity index (χ1n) is 5.43. The standard InChI is InChI=1S/C13H16N2/c1-13(2,3)12-11(10-4-5-10)6-9(7-14)8-15-12/h6,8,10H,4-5H2,1-3H3. The molecular formula is C13H16N2. The molecule has 0 unspecified atom stereocenters. The van der Waals surface area contributed by atoms with Crippen LogP contribution in [0, 0.1) is 11.3 Å². The maximum absolute atomic E-state index is 8.87. The van der Waals surface area contributed by atoms with Gasteiger partial charge in [0.2, 0.25) is 0 Å². The van der Waals surface area contributed by atoms with E-state index < -0.39 is 0 Å². The van der Waals surface area contributed by atoms with Crippen molar-refractivity contribution < 1.29 is 0 Å². The average molecular weight is 200 g/mol. The Labute approximate surface area is 91.0 Å². The van der Waals surface area contributed by atoms with E-state index in [1.165, 1.54) is 18.4 Å². The van der Waals surface area contributed by atoms with E-state index in [-0.39, 0.29) is 5.41 Å². The number of hydrogen-bond donors (Lipinski definition) is 0. The zero-order chi connectivity index (χ0) is 11.1. The van der Waals surface area contributed by atoms with Gasteiger partial charge in [-0.05, 0) is 30.4 Å². The van der Waals surface area contributed by atoms with Gasteiger partial charge in [-0.1, -0.05) is 20.8 Å². The first-order valence-corrected chi connectivity index (χ1v) is 5.43. The van der Waals surface area contributed by atoms with E-state index in [0.29, 0.717) is 11.5 Å². The summed E-state index contributed by atoms with van der Waals surface area (Å²) in [6.45, 7) is 6.52. The van der Waals surface area contributed by atoms with Crippen LogP contribution in [0.25, 0.3) is 0 Å². The Morgan fingerprint density at radius 1 is 1.40 bits per heavy atom. The van der Waals surface area contributed by atoms with Crippen molar-refractivity contribution in [3.05, 3.63) is 29.1 Å².